The molecule has 0 unspecified atom stereocenters. The molecule has 0 aliphatic carbocycles. The van der Waals surface area contributed by atoms with Crippen LogP contribution in [0.2, 0.25) is 0 Å². The van der Waals surface area contributed by atoms with Crippen LogP contribution in [0, 0.1) is 6.92 Å². The molecule has 0 aromatic heterocycles. The molecule has 110 valence electrons. The number of hydrogen-bond donors (Lipinski definition) is 0. The normalized spacial score (nSPS) is 23.1. The summed E-state index contributed by atoms with van der Waals surface area (Å²) >= 11 is 2.11. The summed E-state index contributed by atoms with van der Waals surface area (Å²) in [6.07, 6.45) is 2.72. The highest BCUT2D eigenvalue weighted by Crippen LogP contribution is 2.22. The van der Waals surface area contributed by atoms with E-state index < -0.39 is 0 Å². The first kappa shape index (κ1) is 14.4. The fourth-order valence-corrected chi connectivity index (χ4v) is 4.34. The first-order valence-corrected chi connectivity index (χ1v) is 9.07. The number of likely N-dealkylation sites (tertiary alicyclic amines) is 1. The van der Waals surface area contributed by atoms with Crippen molar-refractivity contribution in [1.82, 2.24) is 9.80 Å². The molecule has 0 radical (unpaired) electrons. The lowest BCUT2D eigenvalue weighted by Crippen LogP contribution is -2.47. The van der Waals surface area contributed by atoms with Gasteiger partial charge in [-0.25, -0.2) is 0 Å². The molecular weight excluding hydrogens is 264 g/mol. The maximum atomic E-state index is 2.74. The highest BCUT2D eigenvalue weighted by atomic mass is 32.2. The fourth-order valence-electron chi connectivity index (χ4n) is 3.41. The third kappa shape index (κ3) is 3.57. The van der Waals surface area contributed by atoms with Crippen molar-refractivity contribution < 1.29 is 0 Å². The van der Waals surface area contributed by atoms with Gasteiger partial charge in [-0.3, -0.25) is 9.80 Å². The number of nitrogens with zero attached hydrogens (tertiary/aromatic N) is 2. The van der Waals surface area contributed by atoms with Crippen molar-refractivity contribution in [2.45, 2.75) is 32.4 Å². The predicted octanol–water partition coefficient (Wildman–Crippen LogP) is 3.01. The van der Waals surface area contributed by atoms with Gasteiger partial charge >= 0.3 is 0 Å². The Labute approximate surface area is 127 Å². The number of thioether (sulfide) groups is 1. The van der Waals surface area contributed by atoms with E-state index in [1.54, 1.807) is 0 Å². The van der Waals surface area contributed by atoms with Crippen LogP contribution in [0.5, 0.6) is 0 Å². The van der Waals surface area contributed by atoms with Crippen molar-refractivity contribution in [3.8, 4) is 0 Å². The van der Waals surface area contributed by atoms with E-state index in [-0.39, 0.29) is 0 Å². The molecule has 0 spiro atoms. The van der Waals surface area contributed by atoms with Crippen LogP contribution in [0.25, 0.3) is 0 Å². The smallest absolute Gasteiger partial charge is 0.0236 e. The van der Waals surface area contributed by atoms with Crippen LogP contribution in [0.4, 0.5) is 0 Å². The molecule has 2 aliphatic heterocycles. The summed E-state index contributed by atoms with van der Waals surface area (Å²) in [5, 5.41) is 0. The molecule has 0 bridgehead atoms. The van der Waals surface area contributed by atoms with Crippen LogP contribution in [0.1, 0.15) is 24.0 Å². The molecule has 0 atom stereocenters. The Morgan fingerprint density at radius 1 is 1.05 bits per heavy atom. The zero-order valence-corrected chi connectivity index (χ0v) is 13.4. The molecule has 3 rings (SSSR count). The summed E-state index contributed by atoms with van der Waals surface area (Å²) in [4.78, 5) is 5.37. The summed E-state index contributed by atoms with van der Waals surface area (Å²) in [5.74, 6) is 2.67. The van der Waals surface area contributed by atoms with Gasteiger partial charge in [-0.05, 0) is 44.0 Å². The summed E-state index contributed by atoms with van der Waals surface area (Å²) in [6, 6.07) is 9.67. The van der Waals surface area contributed by atoms with E-state index in [0.717, 1.165) is 12.6 Å². The van der Waals surface area contributed by atoms with E-state index in [1.807, 2.05) is 0 Å². The Morgan fingerprint density at radius 3 is 2.45 bits per heavy atom. The highest BCUT2D eigenvalue weighted by molar-refractivity contribution is 7.99. The number of aryl methyl sites for hydroxylation is 1. The standard InChI is InChI=1S/C17H26N2S/c1-15-4-2-3-5-16(15)14-18-8-6-17(7-9-18)19-10-12-20-13-11-19/h2-5,17H,6-14H2,1H3. The highest BCUT2D eigenvalue weighted by Gasteiger charge is 2.25. The molecule has 3 heteroatoms. The van der Waals surface area contributed by atoms with Crippen molar-refractivity contribution in [2.24, 2.45) is 0 Å². The van der Waals surface area contributed by atoms with Gasteiger partial charge in [0.05, 0.1) is 0 Å². The summed E-state index contributed by atoms with van der Waals surface area (Å²) in [7, 11) is 0. The molecule has 20 heavy (non-hydrogen) atoms. The lowest BCUT2D eigenvalue weighted by atomic mass is 10.0. The maximum Gasteiger partial charge on any atom is 0.0236 e. The Hall–Kier alpha value is -0.510. The average molecular weight is 290 g/mol. The Kier molecular flexibility index (Phi) is 5.03. The van der Waals surface area contributed by atoms with E-state index in [2.05, 4.69) is 52.8 Å². The second-order valence-electron chi connectivity index (χ2n) is 6.08. The van der Waals surface area contributed by atoms with Crippen molar-refractivity contribution >= 4 is 11.8 Å². The number of piperidine rings is 1. The Bertz CT molecular complexity index is 421. The van der Waals surface area contributed by atoms with E-state index in [9.17, 15) is 0 Å². The zero-order chi connectivity index (χ0) is 13.8. The topological polar surface area (TPSA) is 6.48 Å². The minimum atomic E-state index is 0.851. The Morgan fingerprint density at radius 2 is 1.75 bits per heavy atom. The molecule has 2 saturated heterocycles. The van der Waals surface area contributed by atoms with Gasteiger partial charge in [-0.2, -0.15) is 11.8 Å². The monoisotopic (exact) mass is 290 g/mol. The molecule has 2 nitrogen and oxygen atoms in total. The van der Waals surface area contributed by atoms with Crippen LogP contribution in [0.3, 0.4) is 0 Å². The first-order chi connectivity index (χ1) is 9.83. The van der Waals surface area contributed by atoms with Gasteiger partial charge in [0, 0.05) is 37.2 Å². The molecular formula is C17H26N2S. The van der Waals surface area contributed by atoms with Crippen LogP contribution < -0.4 is 0 Å². The van der Waals surface area contributed by atoms with Gasteiger partial charge in [0.1, 0.15) is 0 Å². The van der Waals surface area contributed by atoms with Crippen molar-refractivity contribution in [3.05, 3.63) is 35.4 Å². The summed E-state index contributed by atoms with van der Waals surface area (Å²) in [5.41, 5.74) is 2.93. The molecule has 2 fully saturated rings. The molecule has 0 saturated carbocycles. The Balaban J connectivity index is 1.50. The van der Waals surface area contributed by atoms with Crippen molar-refractivity contribution in [3.63, 3.8) is 0 Å². The van der Waals surface area contributed by atoms with Gasteiger partial charge in [-0.15, -0.1) is 0 Å². The number of rotatable bonds is 3. The van der Waals surface area contributed by atoms with Crippen LogP contribution in [0.15, 0.2) is 24.3 Å². The number of benzene rings is 1. The van der Waals surface area contributed by atoms with Gasteiger partial charge in [0.15, 0.2) is 0 Å². The van der Waals surface area contributed by atoms with E-state index in [0.29, 0.717) is 0 Å². The second kappa shape index (κ2) is 6.97. The fraction of sp³-hybridized carbons (Fsp3) is 0.647. The van der Waals surface area contributed by atoms with E-state index >= 15 is 0 Å². The SMILES string of the molecule is Cc1ccccc1CN1CCC(N2CCSCC2)CC1. The maximum absolute atomic E-state index is 2.74. The second-order valence-corrected chi connectivity index (χ2v) is 7.31. The molecule has 2 aliphatic rings. The summed E-state index contributed by atoms with van der Waals surface area (Å²) in [6.45, 7) is 8.52. The minimum absolute atomic E-state index is 0.851. The van der Waals surface area contributed by atoms with Gasteiger partial charge < -0.3 is 0 Å². The van der Waals surface area contributed by atoms with E-state index in [4.69, 9.17) is 0 Å². The van der Waals surface area contributed by atoms with Gasteiger partial charge in [0.25, 0.3) is 0 Å². The summed E-state index contributed by atoms with van der Waals surface area (Å²) < 4.78 is 0. The van der Waals surface area contributed by atoms with Crippen LogP contribution >= 0.6 is 11.8 Å². The lowest BCUT2D eigenvalue weighted by molar-refractivity contribution is 0.112. The molecule has 0 N–H and O–H groups in total. The largest absolute Gasteiger partial charge is 0.299 e. The third-order valence-electron chi connectivity index (χ3n) is 4.77. The lowest BCUT2D eigenvalue weighted by Gasteiger charge is -2.40. The van der Waals surface area contributed by atoms with Crippen molar-refractivity contribution in [2.75, 3.05) is 37.7 Å². The van der Waals surface area contributed by atoms with Crippen molar-refractivity contribution in [1.29, 1.82) is 0 Å². The van der Waals surface area contributed by atoms with Crippen LogP contribution in [-0.2, 0) is 6.54 Å². The van der Waals surface area contributed by atoms with Crippen LogP contribution in [-0.4, -0.2) is 53.5 Å². The van der Waals surface area contributed by atoms with Gasteiger partial charge in [-0.1, -0.05) is 24.3 Å². The van der Waals surface area contributed by atoms with Gasteiger partial charge in [0.2, 0.25) is 0 Å². The average Bonchev–Trinajstić information content (AvgIpc) is 2.51. The quantitative estimate of drug-likeness (QED) is 0.845. The van der Waals surface area contributed by atoms with E-state index in [1.165, 1.54) is 61.7 Å². The predicted molar refractivity (Wildman–Crippen MR) is 88.4 cm³/mol. The number of hydrogen-bond acceptors (Lipinski definition) is 3. The zero-order valence-electron chi connectivity index (χ0n) is 12.6. The minimum Gasteiger partial charge on any atom is -0.299 e. The third-order valence-corrected chi connectivity index (χ3v) is 5.72. The molecule has 0 amide bonds. The molecule has 2 heterocycles. The molecule has 1 aromatic rings. The molecule has 1 aromatic carbocycles. The first-order valence-electron chi connectivity index (χ1n) is 7.91.